The van der Waals surface area contributed by atoms with Crippen molar-refractivity contribution in [3.05, 3.63) is 57.7 Å². The first-order chi connectivity index (χ1) is 14.2. The number of thiophene rings is 1. The first-order valence-electron chi connectivity index (χ1n) is 9.45. The summed E-state index contributed by atoms with van der Waals surface area (Å²) >= 11 is 3.08. The molecule has 0 aliphatic heterocycles. The summed E-state index contributed by atoms with van der Waals surface area (Å²) in [5, 5.41) is 12.5. The molecule has 2 N–H and O–H groups in total. The molecule has 0 unspecified atom stereocenters. The Bertz CT molecular complexity index is 963. The van der Waals surface area contributed by atoms with E-state index in [0.717, 1.165) is 29.0 Å². The largest absolute Gasteiger partial charge is 0.484 e. The SMILES string of the molecule is O=C(COc1ccc(CCNC(=O)c2csc(-c3ccsc3)n2)cc1)NC1CC1. The number of hydrogen-bond acceptors (Lipinski definition) is 6. The molecule has 0 radical (unpaired) electrons. The number of aromatic nitrogens is 1. The fourth-order valence-corrected chi connectivity index (χ4v) is 4.22. The summed E-state index contributed by atoms with van der Waals surface area (Å²) in [5.74, 6) is 0.417. The van der Waals surface area contributed by atoms with Crippen molar-refractivity contribution in [1.82, 2.24) is 15.6 Å². The van der Waals surface area contributed by atoms with Gasteiger partial charge in [0.05, 0.1) is 0 Å². The van der Waals surface area contributed by atoms with Crippen LogP contribution >= 0.6 is 22.7 Å². The molecule has 1 saturated carbocycles. The van der Waals surface area contributed by atoms with Gasteiger partial charge in [-0.25, -0.2) is 4.98 Å². The second-order valence-electron chi connectivity index (χ2n) is 6.83. The van der Waals surface area contributed by atoms with Crippen LogP contribution in [0.2, 0.25) is 0 Å². The van der Waals surface area contributed by atoms with Gasteiger partial charge in [0.1, 0.15) is 16.5 Å². The molecule has 0 saturated heterocycles. The van der Waals surface area contributed by atoms with Crippen molar-refractivity contribution >= 4 is 34.5 Å². The zero-order valence-corrected chi connectivity index (χ0v) is 17.4. The molecule has 1 aliphatic rings. The second kappa shape index (κ2) is 9.19. The predicted octanol–water partition coefficient (Wildman–Crippen LogP) is 3.50. The number of carbonyl (C=O) groups excluding carboxylic acids is 2. The molecular weight excluding hydrogens is 406 g/mol. The summed E-state index contributed by atoms with van der Waals surface area (Å²) < 4.78 is 5.50. The molecule has 0 spiro atoms. The lowest BCUT2D eigenvalue weighted by molar-refractivity contribution is -0.123. The molecule has 2 aromatic heterocycles. The van der Waals surface area contributed by atoms with E-state index in [1.165, 1.54) is 11.3 Å². The molecule has 150 valence electrons. The molecule has 29 heavy (non-hydrogen) atoms. The smallest absolute Gasteiger partial charge is 0.270 e. The minimum Gasteiger partial charge on any atom is -0.484 e. The van der Waals surface area contributed by atoms with E-state index in [-0.39, 0.29) is 18.4 Å². The zero-order valence-electron chi connectivity index (χ0n) is 15.7. The highest BCUT2D eigenvalue weighted by Gasteiger charge is 2.23. The molecule has 2 heterocycles. The van der Waals surface area contributed by atoms with Gasteiger partial charge in [-0.05, 0) is 48.4 Å². The van der Waals surface area contributed by atoms with Gasteiger partial charge >= 0.3 is 0 Å². The Balaban J connectivity index is 1.20. The van der Waals surface area contributed by atoms with Crippen LogP contribution in [0.4, 0.5) is 0 Å². The molecule has 1 aliphatic carbocycles. The van der Waals surface area contributed by atoms with Crippen LogP contribution in [0.15, 0.2) is 46.5 Å². The van der Waals surface area contributed by atoms with Gasteiger partial charge in [-0.2, -0.15) is 11.3 Å². The molecule has 0 atom stereocenters. The third-order valence-electron chi connectivity index (χ3n) is 4.44. The second-order valence-corrected chi connectivity index (χ2v) is 8.47. The number of benzene rings is 1. The van der Waals surface area contributed by atoms with Gasteiger partial charge in [0.15, 0.2) is 6.61 Å². The molecule has 8 heteroatoms. The van der Waals surface area contributed by atoms with Crippen LogP contribution in [0.3, 0.4) is 0 Å². The normalized spacial score (nSPS) is 13.1. The van der Waals surface area contributed by atoms with Crippen LogP contribution in [0.5, 0.6) is 5.75 Å². The van der Waals surface area contributed by atoms with Gasteiger partial charge in [0.2, 0.25) is 0 Å². The monoisotopic (exact) mass is 427 g/mol. The van der Waals surface area contributed by atoms with Crippen LogP contribution in [-0.2, 0) is 11.2 Å². The highest BCUT2D eigenvalue weighted by Crippen LogP contribution is 2.25. The van der Waals surface area contributed by atoms with E-state index in [2.05, 4.69) is 15.6 Å². The van der Waals surface area contributed by atoms with Gasteiger partial charge in [0, 0.05) is 28.9 Å². The Labute approximate surface area is 176 Å². The minimum atomic E-state index is -0.163. The fourth-order valence-electron chi connectivity index (χ4n) is 2.71. The van der Waals surface area contributed by atoms with Gasteiger partial charge in [-0.15, -0.1) is 11.3 Å². The maximum absolute atomic E-state index is 12.3. The average Bonchev–Trinajstić information content (AvgIpc) is 3.20. The van der Waals surface area contributed by atoms with Crippen molar-refractivity contribution in [2.45, 2.75) is 25.3 Å². The highest BCUT2D eigenvalue weighted by atomic mass is 32.1. The Morgan fingerprint density at radius 1 is 1.14 bits per heavy atom. The van der Waals surface area contributed by atoms with Crippen LogP contribution in [0.25, 0.3) is 10.6 Å². The predicted molar refractivity (Wildman–Crippen MR) is 115 cm³/mol. The van der Waals surface area contributed by atoms with Crippen molar-refractivity contribution in [1.29, 1.82) is 0 Å². The lowest BCUT2D eigenvalue weighted by Gasteiger charge is -2.08. The van der Waals surface area contributed by atoms with Crippen molar-refractivity contribution in [3.63, 3.8) is 0 Å². The number of amides is 2. The Kier molecular flexibility index (Phi) is 6.21. The number of hydrogen-bond donors (Lipinski definition) is 2. The third kappa shape index (κ3) is 5.65. The van der Waals surface area contributed by atoms with Crippen LogP contribution in [0, 0.1) is 0 Å². The number of carbonyl (C=O) groups is 2. The van der Waals surface area contributed by atoms with Gasteiger partial charge in [0.25, 0.3) is 11.8 Å². The van der Waals surface area contributed by atoms with Crippen molar-refractivity contribution in [3.8, 4) is 16.3 Å². The first kappa shape index (κ1) is 19.6. The van der Waals surface area contributed by atoms with Crippen molar-refractivity contribution in [2.24, 2.45) is 0 Å². The van der Waals surface area contributed by atoms with Crippen LogP contribution < -0.4 is 15.4 Å². The molecule has 0 bridgehead atoms. The zero-order chi connectivity index (χ0) is 20.1. The fraction of sp³-hybridized carbons (Fsp3) is 0.286. The number of rotatable bonds is 9. The van der Waals surface area contributed by atoms with E-state index < -0.39 is 0 Å². The highest BCUT2D eigenvalue weighted by molar-refractivity contribution is 7.14. The maximum atomic E-state index is 12.3. The molecule has 3 aromatic rings. The van der Waals surface area contributed by atoms with Crippen LogP contribution in [-0.4, -0.2) is 36.0 Å². The maximum Gasteiger partial charge on any atom is 0.270 e. The standard InChI is InChI=1S/C21H21N3O3S2/c25-19(23-16-3-4-16)11-27-17-5-1-14(2-6-17)7-9-22-20(26)18-13-29-21(24-18)15-8-10-28-12-15/h1-2,5-6,8,10,12-13,16H,3-4,7,9,11H2,(H,22,26)(H,23,25). The van der Waals surface area contributed by atoms with E-state index in [0.29, 0.717) is 30.5 Å². The van der Waals surface area contributed by atoms with Gasteiger partial charge in [-0.3, -0.25) is 9.59 Å². The van der Waals surface area contributed by atoms with Crippen molar-refractivity contribution in [2.75, 3.05) is 13.2 Å². The third-order valence-corrected chi connectivity index (χ3v) is 6.01. The van der Waals surface area contributed by atoms with Gasteiger partial charge in [-0.1, -0.05) is 12.1 Å². The van der Waals surface area contributed by atoms with Gasteiger partial charge < -0.3 is 15.4 Å². The molecule has 4 rings (SSSR count). The van der Waals surface area contributed by atoms with E-state index in [9.17, 15) is 9.59 Å². The van der Waals surface area contributed by atoms with E-state index in [4.69, 9.17) is 4.74 Å². The summed E-state index contributed by atoms with van der Waals surface area (Å²) in [7, 11) is 0. The molecule has 1 fully saturated rings. The number of ether oxygens (including phenoxy) is 1. The van der Waals surface area contributed by atoms with Crippen molar-refractivity contribution < 1.29 is 14.3 Å². The molecule has 1 aromatic carbocycles. The van der Waals surface area contributed by atoms with Crippen LogP contribution in [0.1, 0.15) is 28.9 Å². The number of thiazole rings is 1. The van der Waals surface area contributed by atoms with E-state index in [1.807, 2.05) is 41.1 Å². The summed E-state index contributed by atoms with van der Waals surface area (Å²) in [6, 6.07) is 9.91. The quantitative estimate of drug-likeness (QED) is 0.548. The summed E-state index contributed by atoms with van der Waals surface area (Å²) in [6.45, 7) is 0.557. The Morgan fingerprint density at radius 3 is 2.69 bits per heavy atom. The molecule has 6 nitrogen and oxygen atoms in total. The number of nitrogens with zero attached hydrogens (tertiary/aromatic N) is 1. The minimum absolute atomic E-state index is 0.0346. The lowest BCUT2D eigenvalue weighted by Crippen LogP contribution is -2.30. The van der Waals surface area contributed by atoms with E-state index >= 15 is 0 Å². The number of nitrogens with one attached hydrogen (secondary N) is 2. The lowest BCUT2D eigenvalue weighted by atomic mass is 10.1. The molecular formula is C21H21N3O3S2. The first-order valence-corrected chi connectivity index (χ1v) is 11.3. The summed E-state index contributed by atoms with van der Waals surface area (Å²) in [6.07, 6.45) is 2.83. The summed E-state index contributed by atoms with van der Waals surface area (Å²) in [5.41, 5.74) is 2.58. The topological polar surface area (TPSA) is 80.3 Å². The summed E-state index contributed by atoms with van der Waals surface area (Å²) in [4.78, 5) is 28.3. The Hall–Kier alpha value is -2.71. The Morgan fingerprint density at radius 2 is 1.97 bits per heavy atom. The average molecular weight is 428 g/mol. The molecule has 2 amide bonds. The van der Waals surface area contributed by atoms with E-state index in [1.54, 1.807) is 16.7 Å².